The number of rotatable bonds is 8. The standard InChI is InChI=1S/C32H34Br6N2O4S/c1-27(2)29(23(35)36)13-15-31(27,21(29)33)25(41)39-17-5-9-19(10-6-17)45(43,44)20-11-7-18(8-12-20)40-26(42)32-16-14-30(22(32)34,24(37)38)28(32,3)4/h5-12,21-24H,13-16H2,1-4H3,(H,39,41)(H,40,42). The van der Waals surface area contributed by atoms with Crippen molar-refractivity contribution in [2.45, 2.75) is 80.3 Å². The van der Waals surface area contributed by atoms with Crippen LogP contribution in [-0.4, -0.2) is 37.4 Å². The maximum Gasteiger partial charge on any atom is 0.232 e. The van der Waals surface area contributed by atoms with Crippen LogP contribution in [0.5, 0.6) is 0 Å². The average Bonchev–Trinajstić information content (AvgIpc) is 3.65. The Hall–Kier alpha value is 0.210. The van der Waals surface area contributed by atoms with Gasteiger partial charge in [-0.05, 0) is 85.0 Å². The van der Waals surface area contributed by atoms with Crippen LogP contribution in [0.2, 0.25) is 0 Å². The van der Waals surface area contributed by atoms with E-state index >= 15 is 0 Å². The molecule has 2 aromatic carbocycles. The first kappa shape index (κ1) is 35.1. The topological polar surface area (TPSA) is 92.3 Å². The van der Waals surface area contributed by atoms with Gasteiger partial charge in [0.25, 0.3) is 0 Å². The molecule has 2 amide bonds. The van der Waals surface area contributed by atoms with Gasteiger partial charge in [-0.1, -0.05) is 123 Å². The fourth-order valence-electron chi connectivity index (χ4n) is 9.45. The molecule has 0 radical (unpaired) electrons. The molecule has 0 spiro atoms. The average molecular weight is 1020 g/mol. The number of alkyl halides is 6. The fraction of sp³-hybridized carbons (Fsp3) is 0.562. The number of benzene rings is 2. The summed E-state index contributed by atoms with van der Waals surface area (Å²) >= 11 is 22.6. The number of anilines is 2. The zero-order chi connectivity index (χ0) is 33.2. The van der Waals surface area contributed by atoms with Gasteiger partial charge < -0.3 is 10.6 Å². The zero-order valence-electron chi connectivity index (χ0n) is 25.1. The normalized spacial score (nSPS) is 35.6. The van der Waals surface area contributed by atoms with Gasteiger partial charge in [0.15, 0.2) is 0 Å². The van der Waals surface area contributed by atoms with Gasteiger partial charge in [-0.3, -0.25) is 9.59 Å². The minimum absolute atomic E-state index is 0.00660. The number of hydrogen-bond donors (Lipinski definition) is 2. The lowest BCUT2D eigenvalue weighted by molar-refractivity contribution is -0.156. The maximum atomic E-state index is 13.7. The van der Waals surface area contributed by atoms with Crippen LogP contribution in [0.15, 0.2) is 58.3 Å². The van der Waals surface area contributed by atoms with Crippen LogP contribution in [-0.2, 0) is 19.4 Å². The van der Waals surface area contributed by atoms with Gasteiger partial charge in [0, 0.05) is 31.9 Å². The van der Waals surface area contributed by atoms with Crippen molar-refractivity contribution in [3.63, 3.8) is 0 Å². The summed E-state index contributed by atoms with van der Waals surface area (Å²) in [6.07, 6.45) is 3.36. The molecule has 6 aliphatic rings. The predicted octanol–water partition coefficient (Wildman–Crippen LogP) is 9.77. The molecule has 6 saturated carbocycles. The smallest absolute Gasteiger partial charge is 0.232 e. The fourth-order valence-corrected chi connectivity index (χ4v) is 20.5. The van der Waals surface area contributed by atoms with Crippen LogP contribution in [0, 0.1) is 32.5 Å². The summed E-state index contributed by atoms with van der Waals surface area (Å²) < 4.78 is 27.1. The second-order valence-corrected chi connectivity index (χ2v) is 24.0. The van der Waals surface area contributed by atoms with Gasteiger partial charge in [-0.15, -0.1) is 0 Å². The molecule has 13 heteroatoms. The molecular formula is C32H34Br6N2O4S. The van der Waals surface area contributed by atoms with Gasteiger partial charge in [-0.25, -0.2) is 8.42 Å². The summed E-state index contributed by atoms with van der Waals surface area (Å²) in [6.45, 7) is 8.59. The number of halogens is 6. The van der Waals surface area contributed by atoms with E-state index in [1.807, 2.05) is 0 Å². The highest BCUT2D eigenvalue weighted by Crippen LogP contribution is 2.83. The molecule has 6 atom stereocenters. The summed E-state index contributed by atoms with van der Waals surface area (Å²) in [6, 6.07) is 12.6. The SMILES string of the molecule is CC1(C)C2(C(=O)Nc3ccc(S(=O)(=O)c4ccc(NC(=O)C56CCC(C(Br)Br)(C5Br)C6(C)C)cc4)cc3)CCC1(C(Br)Br)C2Br. The number of carbonyl (C=O) groups is 2. The Morgan fingerprint density at radius 2 is 0.956 bits per heavy atom. The summed E-state index contributed by atoms with van der Waals surface area (Å²) in [7, 11) is -3.82. The van der Waals surface area contributed by atoms with E-state index in [-0.39, 0.29) is 60.4 Å². The molecule has 0 heterocycles. The highest BCUT2D eigenvalue weighted by Gasteiger charge is 2.84. The number of carbonyl (C=O) groups excluding carboxylic acids is 2. The quantitative estimate of drug-likeness (QED) is 0.258. The molecule has 2 N–H and O–H groups in total. The molecule has 6 unspecified atom stereocenters. The third-order valence-electron chi connectivity index (χ3n) is 12.6. The van der Waals surface area contributed by atoms with Gasteiger partial charge in [0.05, 0.1) is 28.1 Å². The van der Waals surface area contributed by atoms with Gasteiger partial charge in [-0.2, -0.15) is 0 Å². The van der Waals surface area contributed by atoms with Gasteiger partial charge in [0.1, 0.15) is 0 Å². The molecule has 2 aromatic rings. The van der Waals surface area contributed by atoms with Crippen LogP contribution in [0.1, 0.15) is 53.4 Å². The van der Waals surface area contributed by atoms with Crippen molar-refractivity contribution < 1.29 is 18.0 Å². The molecule has 45 heavy (non-hydrogen) atoms. The van der Waals surface area contributed by atoms with E-state index in [1.165, 1.54) is 24.3 Å². The first-order valence-corrected chi connectivity index (χ1v) is 21.7. The van der Waals surface area contributed by atoms with E-state index < -0.39 is 20.7 Å². The number of fused-ring (bicyclic) bond motifs is 2. The predicted molar refractivity (Wildman–Crippen MR) is 200 cm³/mol. The number of nitrogens with one attached hydrogen (secondary N) is 2. The van der Waals surface area contributed by atoms with Crippen molar-refractivity contribution in [3.8, 4) is 0 Å². The second kappa shape index (κ2) is 11.1. The number of sulfone groups is 1. The Morgan fingerprint density at radius 3 is 1.20 bits per heavy atom. The van der Waals surface area contributed by atoms with Gasteiger partial charge in [0.2, 0.25) is 21.7 Å². The van der Waals surface area contributed by atoms with E-state index in [0.717, 1.165) is 25.7 Å². The summed E-state index contributed by atoms with van der Waals surface area (Å²) in [5.41, 5.74) is -0.709. The maximum absolute atomic E-state index is 13.7. The van der Waals surface area contributed by atoms with Gasteiger partial charge >= 0.3 is 0 Å². The largest absolute Gasteiger partial charge is 0.326 e. The molecule has 0 aliphatic heterocycles. The van der Waals surface area contributed by atoms with Crippen LogP contribution in [0.3, 0.4) is 0 Å². The molecular weight excluding hydrogens is 988 g/mol. The summed E-state index contributed by atoms with van der Waals surface area (Å²) in [5.74, 6) is -0.120. The van der Waals surface area contributed by atoms with Crippen molar-refractivity contribution in [3.05, 3.63) is 48.5 Å². The highest BCUT2D eigenvalue weighted by atomic mass is 79.9. The van der Waals surface area contributed by atoms with Crippen molar-refractivity contribution in [2.75, 3.05) is 10.6 Å². The number of hydrogen-bond acceptors (Lipinski definition) is 4. The minimum atomic E-state index is -3.82. The molecule has 6 aliphatic carbocycles. The molecule has 0 saturated heterocycles. The first-order chi connectivity index (χ1) is 20.8. The van der Waals surface area contributed by atoms with Crippen molar-refractivity contribution >= 4 is 129 Å². The van der Waals surface area contributed by atoms with Crippen LogP contribution < -0.4 is 10.6 Å². The first-order valence-electron chi connectivity index (χ1n) is 14.7. The Balaban J connectivity index is 1.14. The van der Waals surface area contributed by atoms with Crippen molar-refractivity contribution in [1.29, 1.82) is 0 Å². The Labute approximate surface area is 315 Å². The van der Waals surface area contributed by atoms with E-state index in [0.29, 0.717) is 11.4 Å². The Bertz CT molecular complexity index is 1560. The van der Waals surface area contributed by atoms with Crippen LogP contribution >= 0.6 is 95.6 Å². The van der Waals surface area contributed by atoms with Crippen LogP contribution in [0.4, 0.5) is 11.4 Å². The minimum Gasteiger partial charge on any atom is -0.326 e. The number of amides is 2. The zero-order valence-corrected chi connectivity index (χ0v) is 35.4. The van der Waals surface area contributed by atoms with E-state index in [9.17, 15) is 18.0 Å². The monoisotopic (exact) mass is 1020 g/mol. The Kier molecular flexibility index (Phi) is 8.65. The second-order valence-electron chi connectivity index (χ2n) is 14.1. The highest BCUT2D eigenvalue weighted by molar-refractivity contribution is 9.25. The molecule has 4 bridgehead atoms. The lowest BCUT2D eigenvalue weighted by Gasteiger charge is -2.66. The lowest BCUT2D eigenvalue weighted by atomic mass is 9.43. The third-order valence-corrected chi connectivity index (χ3v) is 20.9. The summed E-state index contributed by atoms with van der Waals surface area (Å²) in [5, 5.41) is 6.10. The molecule has 6 nitrogen and oxygen atoms in total. The van der Waals surface area contributed by atoms with E-state index in [1.54, 1.807) is 24.3 Å². The van der Waals surface area contributed by atoms with Crippen molar-refractivity contribution in [1.82, 2.24) is 0 Å². The van der Waals surface area contributed by atoms with Crippen LogP contribution in [0.25, 0.3) is 0 Å². The molecule has 6 fully saturated rings. The van der Waals surface area contributed by atoms with E-state index in [4.69, 9.17) is 0 Å². The molecule has 0 aromatic heterocycles. The van der Waals surface area contributed by atoms with Crippen molar-refractivity contribution in [2.24, 2.45) is 32.5 Å². The molecule has 244 valence electrons. The lowest BCUT2D eigenvalue weighted by Crippen LogP contribution is -2.71. The van der Waals surface area contributed by atoms with E-state index in [2.05, 4.69) is 134 Å². The third kappa shape index (κ3) is 4.12. The molecule has 8 rings (SSSR count). The Morgan fingerprint density at radius 1 is 0.644 bits per heavy atom. The summed E-state index contributed by atoms with van der Waals surface area (Å²) in [4.78, 5) is 27.6.